The highest BCUT2D eigenvalue weighted by Gasteiger charge is 2.19. The molecule has 1 rings (SSSR count). The molecule has 0 spiro atoms. The van der Waals surface area contributed by atoms with Crippen LogP contribution < -0.4 is 5.32 Å². The molecule has 1 saturated heterocycles. The summed E-state index contributed by atoms with van der Waals surface area (Å²) < 4.78 is 5.67. The van der Waals surface area contributed by atoms with Crippen molar-refractivity contribution in [2.45, 2.75) is 32.8 Å². The lowest BCUT2D eigenvalue weighted by Crippen LogP contribution is -2.46. The second-order valence-corrected chi connectivity index (χ2v) is 5.02. The standard InChI is InChI=1S/C14H29N3O2/c1-4-17(5-2)14(18)7-6-8-16-9-10-19-13(12-16)11-15-3/h13,15H,4-12H2,1-3H3. The molecule has 0 aromatic heterocycles. The molecule has 0 aliphatic carbocycles. The Morgan fingerprint density at radius 3 is 2.79 bits per heavy atom. The van der Waals surface area contributed by atoms with E-state index in [1.54, 1.807) is 0 Å². The molecule has 0 radical (unpaired) electrons. The first kappa shape index (κ1) is 16.4. The smallest absolute Gasteiger partial charge is 0.222 e. The van der Waals surface area contributed by atoms with Crippen LogP contribution in [-0.2, 0) is 9.53 Å². The summed E-state index contributed by atoms with van der Waals surface area (Å²) in [4.78, 5) is 16.2. The van der Waals surface area contributed by atoms with Gasteiger partial charge in [-0.3, -0.25) is 9.69 Å². The zero-order valence-electron chi connectivity index (χ0n) is 12.7. The quantitative estimate of drug-likeness (QED) is 0.700. The van der Waals surface area contributed by atoms with Crippen LogP contribution in [0.5, 0.6) is 0 Å². The molecular formula is C14H29N3O2. The number of ether oxygens (including phenoxy) is 1. The van der Waals surface area contributed by atoms with Crippen LogP contribution in [0.3, 0.4) is 0 Å². The lowest BCUT2D eigenvalue weighted by Gasteiger charge is -2.32. The molecule has 0 aromatic carbocycles. The first-order valence-corrected chi connectivity index (χ1v) is 7.47. The monoisotopic (exact) mass is 271 g/mol. The fraction of sp³-hybridized carbons (Fsp3) is 0.929. The number of rotatable bonds is 8. The topological polar surface area (TPSA) is 44.8 Å². The Morgan fingerprint density at radius 1 is 1.42 bits per heavy atom. The largest absolute Gasteiger partial charge is 0.374 e. The van der Waals surface area contributed by atoms with Gasteiger partial charge in [0, 0.05) is 39.1 Å². The summed E-state index contributed by atoms with van der Waals surface area (Å²) in [5, 5.41) is 3.15. The van der Waals surface area contributed by atoms with Gasteiger partial charge in [0.25, 0.3) is 0 Å². The third kappa shape index (κ3) is 5.89. The number of nitrogens with zero attached hydrogens (tertiary/aromatic N) is 2. The van der Waals surface area contributed by atoms with Crippen molar-refractivity contribution in [3.8, 4) is 0 Å². The molecule has 112 valence electrons. The molecule has 19 heavy (non-hydrogen) atoms. The third-order valence-corrected chi connectivity index (χ3v) is 3.64. The van der Waals surface area contributed by atoms with Crippen LogP contribution in [0, 0.1) is 0 Å². The maximum absolute atomic E-state index is 11.9. The number of carbonyl (C=O) groups excluding carboxylic acids is 1. The number of morpholine rings is 1. The number of carbonyl (C=O) groups is 1. The maximum atomic E-state index is 11.9. The highest BCUT2D eigenvalue weighted by atomic mass is 16.5. The van der Waals surface area contributed by atoms with Gasteiger partial charge < -0.3 is 15.0 Å². The van der Waals surface area contributed by atoms with E-state index in [2.05, 4.69) is 10.2 Å². The van der Waals surface area contributed by atoms with Gasteiger partial charge in [0.1, 0.15) is 0 Å². The van der Waals surface area contributed by atoms with E-state index >= 15 is 0 Å². The summed E-state index contributed by atoms with van der Waals surface area (Å²) >= 11 is 0. The SMILES string of the molecule is CCN(CC)C(=O)CCCN1CCOC(CNC)C1. The van der Waals surface area contributed by atoms with Crippen molar-refractivity contribution in [2.75, 3.05) is 52.9 Å². The predicted molar refractivity (Wildman–Crippen MR) is 77.3 cm³/mol. The van der Waals surface area contributed by atoms with Crippen LogP contribution in [0.15, 0.2) is 0 Å². The van der Waals surface area contributed by atoms with Gasteiger partial charge in [-0.25, -0.2) is 0 Å². The van der Waals surface area contributed by atoms with Crippen molar-refractivity contribution in [3.63, 3.8) is 0 Å². The molecule has 1 N–H and O–H groups in total. The van der Waals surface area contributed by atoms with E-state index in [9.17, 15) is 4.79 Å². The zero-order valence-corrected chi connectivity index (χ0v) is 12.7. The van der Waals surface area contributed by atoms with Gasteiger partial charge in [0.05, 0.1) is 12.7 Å². The fourth-order valence-corrected chi connectivity index (χ4v) is 2.52. The number of hydrogen-bond acceptors (Lipinski definition) is 4. The fourth-order valence-electron chi connectivity index (χ4n) is 2.52. The normalized spacial score (nSPS) is 20.5. The minimum atomic E-state index is 0.282. The molecule has 1 aliphatic heterocycles. The van der Waals surface area contributed by atoms with Gasteiger partial charge in [0.2, 0.25) is 5.91 Å². The zero-order chi connectivity index (χ0) is 14.1. The van der Waals surface area contributed by atoms with E-state index in [4.69, 9.17) is 4.74 Å². The Labute approximate surface area is 117 Å². The van der Waals surface area contributed by atoms with E-state index < -0.39 is 0 Å². The Hall–Kier alpha value is -0.650. The average Bonchev–Trinajstić information content (AvgIpc) is 2.41. The Morgan fingerprint density at radius 2 is 2.16 bits per heavy atom. The summed E-state index contributed by atoms with van der Waals surface area (Å²) in [5.41, 5.74) is 0. The summed E-state index contributed by atoms with van der Waals surface area (Å²) in [6.07, 6.45) is 1.90. The molecule has 1 heterocycles. The van der Waals surface area contributed by atoms with Gasteiger partial charge in [-0.15, -0.1) is 0 Å². The summed E-state index contributed by atoms with van der Waals surface area (Å²) in [6, 6.07) is 0. The molecule has 1 aliphatic rings. The van der Waals surface area contributed by atoms with E-state index in [1.807, 2.05) is 25.8 Å². The van der Waals surface area contributed by atoms with Gasteiger partial charge in [-0.1, -0.05) is 0 Å². The van der Waals surface area contributed by atoms with E-state index in [0.717, 1.165) is 52.3 Å². The van der Waals surface area contributed by atoms with Gasteiger partial charge in [0.15, 0.2) is 0 Å². The van der Waals surface area contributed by atoms with Gasteiger partial charge in [-0.2, -0.15) is 0 Å². The third-order valence-electron chi connectivity index (χ3n) is 3.64. The molecule has 5 nitrogen and oxygen atoms in total. The average molecular weight is 271 g/mol. The van der Waals surface area contributed by atoms with Crippen LogP contribution >= 0.6 is 0 Å². The highest BCUT2D eigenvalue weighted by molar-refractivity contribution is 5.76. The molecule has 1 fully saturated rings. The Kier molecular flexibility index (Phi) is 8.02. The second kappa shape index (κ2) is 9.28. The minimum absolute atomic E-state index is 0.282. The van der Waals surface area contributed by atoms with E-state index in [1.165, 1.54) is 0 Å². The van der Waals surface area contributed by atoms with Crippen LogP contribution in [0.2, 0.25) is 0 Å². The highest BCUT2D eigenvalue weighted by Crippen LogP contribution is 2.07. The van der Waals surface area contributed by atoms with Gasteiger partial charge >= 0.3 is 0 Å². The first-order chi connectivity index (χ1) is 9.21. The molecule has 5 heteroatoms. The van der Waals surface area contributed by atoms with E-state index in [0.29, 0.717) is 6.42 Å². The van der Waals surface area contributed by atoms with Gasteiger partial charge in [-0.05, 0) is 33.9 Å². The molecule has 1 unspecified atom stereocenters. The van der Waals surface area contributed by atoms with Crippen molar-refractivity contribution in [3.05, 3.63) is 0 Å². The van der Waals surface area contributed by atoms with E-state index in [-0.39, 0.29) is 12.0 Å². The molecule has 1 atom stereocenters. The lowest BCUT2D eigenvalue weighted by atomic mass is 10.2. The number of likely N-dealkylation sites (N-methyl/N-ethyl adjacent to an activating group) is 1. The Balaban J connectivity index is 2.19. The second-order valence-electron chi connectivity index (χ2n) is 5.02. The van der Waals surface area contributed by atoms with Crippen LogP contribution in [0.25, 0.3) is 0 Å². The van der Waals surface area contributed by atoms with Crippen LogP contribution in [0.1, 0.15) is 26.7 Å². The molecular weight excluding hydrogens is 242 g/mol. The number of hydrogen-bond donors (Lipinski definition) is 1. The van der Waals surface area contributed by atoms with Crippen molar-refractivity contribution in [2.24, 2.45) is 0 Å². The molecule has 0 saturated carbocycles. The number of nitrogens with one attached hydrogen (secondary N) is 1. The maximum Gasteiger partial charge on any atom is 0.222 e. The van der Waals surface area contributed by atoms with Crippen LogP contribution in [-0.4, -0.2) is 74.7 Å². The molecule has 1 amide bonds. The van der Waals surface area contributed by atoms with Crippen molar-refractivity contribution in [1.82, 2.24) is 15.1 Å². The first-order valence-electron chi connectivity index (χ1n) is 7.47. The predicted octanol–water partition coefficient (Wildman–Crippen LogP) is 0.555. The van der Waals surface area contributed by atoms with Crippen molar-refractivity contribution in [1.29, 1.82) is 0 Å². The number of amides is 1. The molecule has 0 bridgehead atoms. The summed E-state index contributed by atoms with van der Waals surface area (Å²) in [7, 11) is 1.95. The Bertz CT molecular complexity index is 255. The minimum Gasteiger partial charge on any atom is -0.374 e. The molecule has 0 aromatic rings. The lowest BCUT2D eigenvalue weighted by molar-refractivity contribution is -0.131. The summed E-state index contributed by atoms with van der Waals surface area (Å²) in [6.45, 7) is 10.4. The van der Waals surface area contributed by atoms with Crippen molar-refractivity contribution >= 4 is 5.91 Å². The van der Waals surface area contributed by atoms with Crippen LogP contribution in [0.4, 0.5) is 0 Å². The van der Waals surface area contributed by atoms with Crippen molar-refractivity contribution < 1.29 is 9.53 Å². The summed E-state index contributed by atoms with van der Waals surface area (Å²) in [5.74, 6) is 0.282.